The van der Waals surface area contributed by atoms with Gasteiger partial charge in [0.25, 0.3) is 0 Å². The number of hydrogen-bond acceptors (Lipinski definition) is 4. The van der Waals surface area contributed by atoms with Crippen molar-refractivity contribution in [2.75, 3.05) is 6.61 Å². The zero-order valence-electron chi connectivity index (χ0n) is 9.02. The van der Waals surface area contributed by atoms with Crippen LogP contribution in [-0.2, 0) is 9.53 Å². The van der Waals surface area contributed by atoms with E-state index in [4.69, 9.17) is 9.84 Å². The van der Waals surface area contributed by atoms with E-state index in [1.165, 1.54) is 17.4 Å². The van der Waals surface area contributed by atoms with E-state index in [2.05, 4.69) is 0 Å². The zero-order chi connectivity index (χ0) is 12.1. The number of carboxylic acids is 1. The number of carboxylic acid groups (broad SMARTS) is 1. The summed E-state index contributed by atoms with van der Waals surface area (Å²) >= 11 is 1.22. The van der Waals surface area contributed by atoms with E-state index in [1.807, 2.05) is 0 Å². The maximum absolute atomic E-state index is 11.5. The molecule has 0 aliphatic rings. The lowest BCUT2D eigenvalue weighted by Gasteiger charge is -1.98. The second-order valence-corrected chi connectivity index (χ2v) is 4.14. The molecule has 0 atom stereocenters. The number of rotatable bonds is 4. The fourth-order valence-corrected chi connectivity index (χ4v) is 2.11. The van der Waals surface area contributed by atoms with E-state index in [0.29, 0.717) is 11.5 Å². The number of carbonyl (C=O) groups excluding carboxylic acids is 1. The summed E-state index contributed by atoms with van der Waals surface area (Å²) in [7, 11) is 0. The SMILES string of the molecule is CCOC(=O)c1sc(/C=C/C(=O)O)cc1C. The van der Waals surface area contributed by atoms with Crippen LogP contribution in [0.15, 0.2) is 12.1 Å². The number of carbonyl (C=O) groups is 2. The highest BCUT2D eigenvalue weighted by Crippen LogP contribution is 2.23. The molecule has 5 heteroatoms. The van der Waals surface area contributed by atoms with Crippen molar-refractivity contribution in [1.82, 2.24) is 0 Å². The number of hydrogen-bond donors (Lipinski definition) is 1. The summed E-state index contributed by atoms with van der Waals surface area (Å²) in [6, 6.07) is 1.76. The summed E-state index contributed by atoms with van der Waals surface area (Å²) in [6.07, 6.45) is 2.50. The van der Waals surface area contributed by atoms with Crippen molar-refractivity contribution < 1.29 is 19.4 Å². The summed E-state index contributed by atoms with van der Waals surface area (Å²) in [5, 5.41) is 8.47. The summed E-state index contributed by atoms with van der Waals surface area (Å²) in [4.78, 5) is 23.0. The fraction of sp³-hybridized carbons (Fsp3) is 0.273. The molecule has 1 N–H and O–H groups in total. The van der Waals surface area contributed by atoms with E-state index >= 15 is 0 Å². The molecule has 0 bridgehead atoms. The van der Waals surface area contributed by atoms with Gasteiger partial charge in [-0.3, -0.25) is 0 Å². The van der Waals surface area contributed by atoms with Gasteiger partial charge in [-0.25, -0.2) is 9.59 Å². The summed E-state index contributed by atoms with van der Waals surface area (Å²) < 4.78 is 4.88. The van der Waals surface area contributed by atoms with Crippen LogP contribution in [0, 0.1) is 6.92 Å². The van der Waals surface area contributed by atoms with Crippen LogP contribution in [0.25, 0.3) is 6.08 Å². The van der Waals surface area contributed by atoms with Crippen LogP contribution in [0.5, 0.6) is 0 Å². The van der Waals surface area contributed by atoms with Gasteiger partial charge in [-0.2, -0.15) is 0 Å². The number of thiophene rings is 1. The smallest absolute Gasteiger partial charge is 0.348 e. The van der Waals surface area contributed by atoms with Crippen LogP contribution in [0.4, 0.5) is 0 Å². The van der Waals surface area contributed by atoms with Crippen molar-refractivity contribution in [2.45, 2.75) is 13.8 Å². The van der Waals surface area contributed by atoms with E-state index in [0.717, 1.165) is 16.5 Å². The largest absolute Gasteiger partial charge is 0.478 e. The van der Waals surface area contributed by atoms with Crippen LogP contribution in [-0.4, -0.2) is 23.7 Å². The molecule has 0 aliphatic heterocycles. The summed E-state index contributed by atoms with van der Waals surface area (Å²) in [5.41, 5.74) is 0.800. The standard InChI is InChI=1S/C11H12O4S/c1-3-15-11(14)10-7(2)6-8(16-10)4-5-9(12)13/h4-6H,3H2,1-2H3,(H,12,13)/b5-4+. The zero-order valence-corrected chi connectivity index (χ0v) is 9.84. The molecular weight excluding hydrogens is 228 g/mol. The van der Waals surface area contributed by atoms with Gasteiger partial charge in [-0.05, 0) is 31.6 Å². The first-order valence-corrected chi connectivity index (χ1v) is 5.54. The second kappa shape index (κ2) is 5.46. The van der Waals surface area contributed by atoms with Gasteiger partial charge in [0, 0.05) is 11.0 Å². The Morgan fingerprint density at radius 3 is 2.81 bits per heavy atom. The number of esters is 1. The fourth-order valence-electron chi connectivity index (χ4n) is 1.14. The quantitative estimate of drug-likeness (QED) is 0.648. The lowest BCUT2D eigenvalue weighted by atomic mass is 10.2. The maximum Gasteiger partial charge on any atom is 0.348 e. The first-order valence-electron chi connectivity index (χ1n) is 4.73. The van der Waals surface area contributed by atoms with E-state index in [9.17, 15) is 9.59 Å². The van der Waals surface area contributed by atoms with E-state index in [1.54, 1.807) is 19.9 Å². The van der Waals surface area contributed by atoms with Gasteiger partial charge in [-0.15, -0.1) is 11.3 Å². The molecule has 86 valence electrons. The van der Waals surface area contributed by atoms with Crippen LogP contribution in [0.3, 0.4) is 0 Å². The third kappa shape index (κ3) is 3.20. The minimum atomic E-state index is -1.01. The Morgan fingerprint density at radius 1 is 1.56 bits per heavy atom. The minimum absolute atomic E-state index is 0.330. The monoisotopic (exact) mass is 240 g/mol. The normalized spacial score (nSPS) is 10.6. The van der Waals surface area contributed by atoms with E-state index in [-0.39, 0.29) is 5.97 Å². The summed E-state index contributed by atoms with van der Waals surface area (Å²) in [6.45, 7) is 3.86. The third-order valence-electron chi connectivity index (χ3n) is 1.79. The average molecular weight is 240 g/mol. The Labute approximate surface area is 97.2 Å². The van der Waals surface area contributed by atoms with Gasteiger partial charge in [0.05, 0.1) is 6.61 Å². The molecule has 0 saturated heterocycles. The first-order chi connectivity index (χ1) is 7.54. The molecule has 0 amide bonds. The van der Waals surface area contributed by atoms with Gasteiger partial charge in [0.2, 0.25) is 0 Å². The lowest BCUT2D eigenvalue weighted by molar-refractivity contribution is -0.131. The van der Waals surface area contributed by atoms with Crippen molar-refractivity contribution in [3.8, 4) is 0 Å². The number of aliphatic carboxylic acids is 1. The molecule has 0 aliphatic carbocycles. The topological polar surface area (TPSA) is 63.6 Å². The van der Waals surface area contributed by atoms with Crippen molar-refractivity contribution >= 4 is 29.4 Å². The van der Waals surface area contributed by atoms with Gasteiger partial charge in [0.15, 0.2) is 0 Å². The van der Waals surface area contributed by atoms with Gasteiger partial charge < -0.3 is 9.84 Å². The molecule has 16 heavy (non-hydrogen) atoms. The molecule has 0 unspecified atom stereocenters. The number of ether oxygens (including phenoxy) is 1. The molecule has 0 aromatic carbocycles. The van der Waals surface area contributed by atoms with Crippen LogP contribution < -0.4 is 0 Å². The molecular formula is C11H12O4S. The Morgan fingerprint density at radius 2 is 2.25 bits per heavy atom. The maximum atomic E-state index is 11.5. The van der Waals surface area contributed by atoms with Crippen LogP contribution in [0.2, 0.25) is 0 Å². The number of aryl methyl sites for hydroxylation is 1. The predicted molar refractivity (Wildman–Crippen MR) is 61.7 cm³/mol. The highest BCUT2D eigenvalue weighted by Gasteiger charge is 2.13. The molecule has 1 aromatic heterocycles. The molecule has 0 spiro atoms. The molecule has 1 aromatic rings. The molecule has 1 rings (SSSR count). The lowest BCUT2D eigenvalue weighted by Crippen LogP contribution is -2.03. The Hall–Kier alpha value is -1.62. The Balaban J connectivity index is 2.89. The Bertz CT molecular complexity index is 431. The van der Waals surface area contributed by atoms with Gasteiger partial charge >= 0.3 is 11.9 Å². The second-order valence-electron chi connectivity index (χ2n) is 3.05. The highest BCUT2D eigenvalue weighted by molar-refractivity contribution is 7.15. The third-order valence-corrected chi connectivity index (χ3v) is 2.97. The predicted octanol–water partition coefficient (Wildman–Crippen LogP) is 2.33. The highest BCUT2D eigenvalue weighted by atomic mass is 32.1. The van der Waals surface area contributed by atoms with Crippen LogP contribution >= 0.6 is 11.3 Å². The van der Waals surface area contributed by atoms with Gasteiger partial charge in [0.1, 0.15) is 4.88 Å². The van der Waals surface area contributed by atoms with Crippen molar-refractivity contribution in [3.05, 3.63) is 27.5 Å². The van der Waals surface area contributed by atoms with E-state index < -0.39 is 5.97 Å². The molecule has 0 fully saturated rings. The summed E-state index contributed by atoms with van der Waals surface area (Å²) in [5.74, 6) is -1.37. The Kier molecular flexibility index (Phi) is 4.25. The minimum Gasteiger partial charge on any atom is -0.478 e. The first kappa shape index (κ1) is 12.4. The van der Waals surface area contributed by atoms with Crippen LogP contribution in [0.1, 0.15) is 27.0 Å². The molecule has 1 heterocycles. The van der Waals surface area contributed by atoms with Gasteiger partial charge in [-0.1, -0.05) is 0 Å². The molecule has 4 nitrogen and oxygen atoms in total. The molecule has 0 radical (unpaired) electrons. The van der Waals surface area contributed by atoms with Crippen molar-refractivity contribution in [3.63, 3.8) is 0 Å². The van der Waals surface area contributed by atoms with Crippen molar-refractivity contribution in [2.24, 2.45) is 0 Å². The van der Waals surface area contributed by atoms with Crippen molar-refractivity contribution in [1.29, 1.82) is 0 Å². The molecule has 0 saturated carbocycles. The average Bonchev–Trinajstić information content (AvgIpc) is 2.57.